The van der Waals surface area contributed by atoms with Crippen LogP contribution in [-0.2, 0) is 0 Å². The standard InChI is InChI=1S/C14H11BrF2O/c1-18-10-5-2-4-9(8-10)11-6-3-7-12(15)13(11)14(16)17/h2-8,14H,1H3. The van der Waals surface area contributed by atoms with Gasteiger partial charge in [0.05, 0.1) is 7.11 Å². The molecule has 0 fully saturated rings. The predicted octanol–water partition coefficient (Wildman–Crippen LogP) is 5.06. The Morgan fingerprint density at radius 3 is 2.50 bits per heavy atom. The van der Waals surface area contributed by atoms with E-state index in [-0.39, 0.29) is 5.56 Å². The average Bonchev–Trinajstić information content (AvgIpc) is 2.38. The van der Waals surface area contributed by atoms with Gasteiger partial charge in [0.15, 0.2) is 0 Å². The van der Waals surface area contributed by atoms with Crippen LogP contribution in [0.4, 0.5) is 8.78 Å². The van der Waals surface area contributed by atoms with Gasteiger partial charge in [0, 0.05) is 10.0 Å². The molecule has 1 nitrogen and oxygen atoms in total. The van der Waals surface area contributed by atoms with Crippen LogP contribution in [-0.4, -0.2) is 7.11 Å². The highest BCUT2D eigenvalue weighted by Gasteiger charge is 2.17. The van der Waals surface area contributed by atoms with Crippen LogP contribution in [0.15, 0.2) is 46.9 Å². The minimum atomic E-state index is -2.53. The second-order valence-corrected chi connectivity index (χ2v) is 4.59. The van der Waals surface area contributed by atoms with E-state index in [1.165, 1.54) is 0 Å². The van der Waals surface area contributed by atoms with Crippen LogP contribution < -0.4 is 4.74 Å². The second kappa shape index (κ2) is 5.48. The zero-order valence-corrected chi connectivity index (χ0v) is 11.2. The number of ether oxygens (including phenoxy) is 1. The third-order valence-electron chi connectivity index (χ3n) is 2.65. The molecule has 2 rings (SSSR count). The summed E-state index contributed by atoms with van der Waals surface area (Å²) >= 11 is 3.17. The van der Waals surface area contributed by atoms with Gasteiger partial charge in [-0.2, -0.15) is 0 Å². The number of benzene rings is 2. The van der Waals surface area contributed by atoms with E-state index in [4.69, 9.17) is 4.74 Å². The van der Waals surface area contributed by atoms with Crippen molar-refractivity contribution in [3.8, 4) is 16.9 Å². The Balaban J connectivity index is 2.59. The molecule has 0 radical (unpaired) electrons. The topological polar surface area (TPSA) is 9.23 Å². The number of methoxy groups -OCH3 is 1. The summed E-state index contributed by atoms with van der Waals surface area (Å²) < 4.78 is 31.7. The average molecular weight is 313 g/mol. The molecule has 0 spiro atoms. The molecule has 0 aliphatic heterocycles. The molecule has 0 atom stereocenters. The van der Waals surface area contributed by atoms with Crippen molar-refractivity contribution in [3.63, 3.8) is 0 Å². The Morgan fingerprint density at radius 2 is 1.83 bits per heavy atom. The summed E-state index contributed by atoms with van der Waals surface area (Å²) in [4.78, 5) is 0. The van der Waals surface area contributed by atoms with E-state index >= 15 is 0 Å². The maximum absolute atomic E-state index is 13.1. The van der Waals surface area contributed by atoms with Crippen LogP contribution in [0.3, 0.4) is 0 Å². The second-order valence-electron chi connectivity index (χ2n) is 3.73. The van der Waals surface area contributed by atoms with Crippen molar-refractivity contribution < 1.29 is 13.5 Å². The highest BCUT2D eigenvalue weighted by atomic mass is 79.9. The molecular weight excluding hydrogens is 302 g/mol. The Hall–Kier alpha value is -1.42. The molecule has 18 heavy (non-hydrogen) atoms. The quantitative estimate of drug-likeness (QED) is 0.769. The first-order valence-electron chi connectivity index (χ1n) is 5.34. The van der Waals surface area contributed by atoms with Gasteiger partial charge in [-0.1, -0.05) is 40.2 Å². The Morgan fingerprint density at radius 1 is 1.11 bits per heavy atom. The minimum Gasteiger partial charge on any atom is -0.497 e. The fourth-order valence-electron chi connectivity index (χ4n) is 1.80. The van der Waals surface area contributed by atoms with Crippen LogP contribution in [0.2, 0.25) is 0 Å². The van der Waals surface area contributed by atoms with Crippen LogP contribution in [0.25, 0.3) is 11.1 Å². The van der Waals surface area contributed by atoms with Gasteiger partial charge in [0.2, 0.25) is 0 Å². The van der Waals surface area contributed by atoms with Gasteiger partial charge in [0.25, 0.3) is 6.43 Å². The number of hydrogen-bond donors (Lipinski definition) is 0. The third-order valence-corrected chi connectivity index (χ3v) is 3.34. The normalized spacial score (nSPS) is 10.7. The summed E-state index contributed by atoms with van der Waals surface area (Å²) in [5, 5.41) is 0. The van der Waals surface area contributed by atoms with Crippen LogP contribution in [0.1, 0.15) is 12.0 Å². The summed E-state index contributed by atoms with van der Waals surface area (Å²) in [7, 11) is 1.55. The maximum atomic E-state index is 13.1. The lowest BCUT2D eigenvalue weighted by molar-refractivity contribution is 0.151. The SMILES string of the molecule is COc1cccc(-c2cccc(Br)c2C(F)F)c1. The lowest BCUT2D eigenvalue weighted by Crippen LogP contribution is -1.92. The molecule has 0 unspecified atom stereocenters. The molecule has 0 N–H and O–H groups in total. The van der Waals surface area contributed by atoms with Crippen molar-refractivity contribution in [1.82, 2.24) is 0 Å². The van der Waals surface area contributed by atoms with E-state index in [2.05, 4.69) is 15.9 Å². The largest absolute Gasteiger partial charge is 0.497 e. The molecule has 2 aromatic rings. The molecule has 0 saturated carbocycles. The maximum Gasteiger partial charge on any atom is 0.265 e. The van der Waals surface area contributed by atoms with Crippen molar-refractivity contribution in [2.45, 2.75) is 6.43 Å². The molecule has 0 saturated heterocycles. The third kappa shape index (κ3) is 2.53. The van der Waals surface area contributed by atoms with Gasteiger partial charge in [-0.25, -0.2) is 8.78 Å². The van der Waals surface area contributed by atoms with E-state index in [0.717, 1.165) is 0 Å². The Labute approximate surface area is 113 Å². The molecule has 0 amide bonds. The monoisotopic (exact) mass is 312 g/mol. The fraction of sp³-hybridized carbons (Fsp3) is 0.143. The van der Waals surface area contributed by atoms with Crippen LogP contribution in [0.5, 0.6) is 5.75 Å². The van der Waals surface area contributed by atoms with Gasteiger partial charge >= 0.3 is 0 Å². The highest BCUT2D eigenvalue weighted by molar-refractivity contribution is 9.10. The summed E-state index contributed by atoms with van der Waals surface area (Å²) in [6.07, 6.45) is -2.53. The van der Waals surface area contributed by atoms with E-state index in [9.17, 15) is 8.78 Å². The van der Waals surface area contributed by atoms with Crippen molar-refractivity contribution >= 4 is 15.9 Å². The molecule has 0 aliphatic rings. The van der Waals surface area contributed by atoms with Gasteiger partial charge in [0.1, 0.15) is 5.75 Å². The summed E-state index contributed by atoms with van der Waals surface area (Å²) in [6, 6.07) is 12.1. The zero-order valence-electron chi connectivity index (χ0n) is 9.66. The van der Waals surface area contributed by atoms with Crippen molar-refractivity contribution in [2.75, 3.05) is 7.11 Å². The van der Waals surface area contributed by atoms with Crippen molar-refractivity contribution in [2.24, 2.45) is 0 Å². The predicted molar refractivity (Wildman–Crippen MR) is 71.1 cm³/mol. The first-order valence-corrected chi connectivity index (χ1v) is 6.13. The van der Waals surface area contributed by atoms with Crippen LogP contribution in [0, 0.1) is 0 Å². The summed E-state index contributed by atoms with van der Waals surface area (Å²) in [6.45, 7) is 0. The zero-order chi connectivity index (χ0) is 13.1. The number of hydrogen-bond acceptors (Lipinski definition) is 1. The summed E-state index contributed by atoms with van der Waals surface area (Å²) in [5.41, 5.74) is 1.23. The lowest BCUT2D eigenvalue weighted by Gasteiger charge is -2.12. The molecule has 0 heterocycles. The van der Waals surface area contributed by atoms with E-state index in [0.29, 0.717) is 21.3 Å². The van der Waals surface area contributed by atoms with Crippen LogP contribution >= 0.6 is 15.9 Å². The minimum absolute atomic E-state index is 0.00533. The first-order chi connectivity index (χ1) is 8.63. The number of rotatable bonds is 3. The van der Waals surface area contributed by atoms with Gasteiger partial charge < -0.3 is 4.74 Å². The highest BCUT2D eigenvalue weighted by Crippen LogP contribution is 2.37. The summed E-state index contributed by atoms with van der Waals surface area (Å²) in [5.74, 6) is 0.646. The fourth-order valence-corrected chi connectivity index (χ4v) is 2.34. The first kappa shape index (κ1) is 13.0. The lowest BCUT2D eigenvalue weighted by atomic mass is 10.00. The number of halogens is 3. The molecule has 0 aromatic heterocycles. The smallest absolute Gasteiger partial charge is 0.265 e. The van der Waals surface area contributed by atoms with E-state index < -0.39 is 6.43 Å². The van der Waals surface area contributed by atoms with E-state index in [1.54, 1.807) is 49.6 Å². The van der Waals surface area contributed by atoms with Gasteiger partial charge in [-0.15, -0.1) is 0 Å². The number of alkyl halides is 2. The molecular formula is C14H11BrF2O. The van der Waals surface area contributed by atoms with Gasteiger partial charge in [-0.3, -0.25) is 0 Å². The molecule has 0 bridgehead atoms. The molecule has 4 heteroatoms. The molecule has 94 valence electrons. The Kier molecular flexibility index (Phi) is 3.97. The van der Waals surface area contributed by atoms with E-state index in [1.807, 2.05) is 0 Å². The molecule has 2 aromatic carbocycles. The Bertz CT molecular complexity index is 555. The molecule has 0 aliphatic carbocycles. The van der Waals surface area contributed by atoms with Gasteiger partial charge in [-0.05, 0) is 29.3 Å². The van der Waals surface area contributed by atoms with Crippen molar-refractivity contribution in [3.05, 3.63) is 52.5 Å². The van der Waals surface area contributed by atoms with Crippen molar-refractivity contribution in [1.29, 1.82) is 0 Å².